The molecule has 2 atom stereocenters. The zero-order valence-corrected chi connectivity index (χ0v) is 36.9. The second-order valence-corrected chi connectivity index (χ2v) is 17.4. The van der Waals surface area contributed by atoms with Crippen LogP contribution in [0.1, 0.15) is 78.9 Å². The Morgan fingerprint density at radius 2 is 1.33 bits per heavy atom. The largest absolute Gasteiger partial charge is 0.370 e. The molecule has 17 heteroatoms. The summed E-state index contributed by atoms with van der Waals surface area (Å²) in [6.07, 6.45) is 4.10. The Kier molecular flexibility index (Phi) is 13.9. The van der Waals surface area contributed by atoms with Crippen LogP contribution >= 0.6 is 0 Å². The predicted molar refractivity (Wildman–Crippen MR) is 251 cm³/mol. The topological polar surface area (TPSA) is 224 Å². The molecule has 8 rings (SSSR count). The number of anilines is 1. The van der Waals surface area contributed by atoms with Gasteiger partial charge in [0, 0.05) is 69.9 Å². The Morgan fingerprint density at radius 1 is 0.742 bits per heavy atom. The molecule has 17 nitrogen and oxygen atoms in total. The van der Waals surface area contributed by atoms with Crippen LogP contribution in [0.4, 0.5) is 5.69 Å². The van der Waals surface area contributed by atoms with Gasteiger partial charge < -0.3 is 32.3 Å². The highest BCUT2D eigenvalue weighted by atomic mass is 16.2. The van der Waals surface area contributed by atoms with Crippen molar-refractivity contribution in [2.45, 2.75) is 70.0 Å². The number of benzene rings is 4. The van der Waals surface area contributed by atoms with E-state index in [1.54, 1.807) is 48.5 Å². The van der Waals surface area contributed by atoms with Crippen LogP contribution < -0.4 is 38.8 Å². The summed E-state index contributed by atoms with van der Waals surface area (Å²) >= 11 is 0. The molecule has 7 N–H and O–H groups in total. The first kappa shape index (κ1) is 45.3. The summed E-state index contributed by atoms with van der Waals surface area (Å²) in [6, 6.07) is 32.1. The van der Waals surface area contributed by atoms with E-state index >= 15 is 0 Å². The summed E-state index contributed by atoms with van der Waals surface area (Å²) in [5, 5.41) is 8.85. The van der Waals surface area contributed by atoms with E-state index in [0.717, 1.165) is 34.2 Å². The molecule has 0 spiro atoms. The molecular weight excluding hydrogens is 839 g/mol. The van der Waals surface area contributed by atoms with Crippen molar-refractivity contribution in [3.05, 3.63) is 147 Å². The molecule has 0 radical (unpaired) electrons. The number of para-hydroxylation sites is 3. The molecule has 3 aliphatic rings. The summed E-state index contributed by atoms with van der Waals surface area (Å²) in [4.78, 5) is 91.0. The van der Waals surface area contributed by atoms with E-state index in [2.05, 4.69) is 25.8 Å². The molecule has 0 bridgehead atoms. The minimum atomic E-state index is -0.967. The Morgan fingerprint density at radius 3 is 1.97 bits per heavy atom. The van der Waals surface area contributed by atoms with E-state index in [9.17, 15) is 28.8 Å². The molecule has 66 heavy (non-hydrogen) atoms. The molecule has 5 aromatic rings. The van der Waals surface area contributed by atoms with Gasteiger partial charge in [0.25, 0.3) is 5.91 Å². The van der Waals surface area contributed by atoms with Crippen LogP contribution in [0.2, 0.25) is 0 Å². The summed E-state index contributed by atoms with van der Waals surface area (Å²) in [5.41, 5.74) is 13.7. The molecule has 344 valence electrons. The molecule has 2 fully saturated rings. The molecule has 4 aromatic carbocycles. The maximum atomic E-state index is 14.1. The summed E-state index contributed by atoms with van der Waals surface area (Å²) in [7, 11) is 0. The zero-order valence-electron chi connectivity index (χ0n) is 36.9. The number of hydrogen-bond acceptors (Lipinski definition) is 8. The number of carbonyl (C=O) groups is 4. The molecule has 4 amide bonds. The number of amides is 4. The lowest BCUT2D eigenvalue weighted by Crippen LogP contribution is -2.51. The van der Waals surface area contributed by atoms with E-state index in [1.165, 1.54) is 9.36 Å². The van der Waals surface area contributed by atoms with Crippen LogP contribution in [0.5, 0.6) is 0 Å². The van der Waals surface area contributed by atoms with Crippen LogP contribution in [0.3, 0.4) is 0 Å². The molecule has 3 heterocycles. The second kappa shape index (κ2) is 20.3. The van der Waals surface area contributed by atoms with Crippen molar-refractivity contribution >= 4 is 35.3 Å². The van der Waals surface area contributed by atoms with Crippen LogP contribution in [0.25, 0.3) is 11.4 Å². The van der Waals surface area contributed by atoms with Gasteiger partial charge in [0.15, 0.2) is 5.96 Å². The Balaban J connectivity index is 0.914. The van der Waals surface area contributed by atoms with Crippen molar-refractivity contribution in [3.8, 4) is 11.4 Å². The number of nitrogens with zero attached hydrogens (tertiary/aromatic N) is 6. The lowest BCUT2D eigenvalue weighted by molar-refractivity contribution is -0.137. The van der Waals surface area contributed by atoms with Gasteiger partial charge in [-0.1, -0.05) is 85.6 Å². The van der Waals surface area contributed by atoms with Crippen molar-refractivity contribution in [2.75, 3.05) is 44.6 Å². The molecule has 1 aromatic heterocycles. The van der Waals surface area contributed by atoms with Crippen molar-refractivity contribution in [2.24, 2.45) is 21.9 Å². The third kappa shape index (κ3) is 10.0. The number of nitrogens with two attached hydrogens (primary N) is 2. The van der Waals surface area contributed by atoms with Gasteiger partial charge in [-0.05, 0) is 78.6 Å². The van der Waals surface area contributed by atoms with Gasteiger partial charge in [0.2, 0.25) is 17.7 Å². The van der Waals surface area contributed by atoms with Crippen molar-refractivity contribution in [3.63, 3.8) is 0 Å². The molecule has 2 aliphatic heterocycles. The van der Waals surface area contributed by atoms with E-state index in [0.29, 0.717) is 62.4 Å². The minimum absolute atomic E-state index is 0.00273. The van der Waals surface area contributed by atoms with Crippen LogP contribution in [0.15, 0.2) is 124 Å². The normalized spacial score (nSPS) is 17.1. The average molecular weight is 896 g/mol. The fraction of sp³-hybridized carbons (Fsp3) is 0.367. The summed E-state index contributed by atoms with van der Waals surface area (Å²) < 4.78 is 3.67. The van der Waals surface area contributed by atoms with Crippen LogP contribution in [-0.4, -0.2) is 98.6 Å². The van der Waals surface area contributed by atoms with E-state index in [1.807, 2.05) is 65.6 Å². The zero-order chi connectivity index (χ0) is 46.2. The fourth-order valence-corrected chi connectivity index (χ4v) is 9.78. The van der Waals surface area contributed by atoms with E-state index in [4.69, 9.17) is 11.5 Å². The van der Waals surface area contributed by atoms with Gasteiger partial charge in [-0.25, -0.2) is 14.2 Å². The fourth-order valence-electron chi connectivity index (χ4n) is 9.78. The molecular formula is C49H57N11O6. The number of aliphatic imine (C=N–C) groups is 1. The highest BCUT2D eigenvalue weighted by Crippen LogP contribution is 2.45. The predicted octanol–water partition coefficient (Wildman–Crippen LogP) is 3.28. The highest BCUT2D eigenvalue weighted by molar-refractivity contribution is 6.07. The number of guanidine groups is 1. The maximum absolute atomic E-state index is 14.1. The number of fused-ring (bicyclic) bond motifs is 2. The monoisotopic (exact) mass is 895 g/mol. The Bertz CT molecular complexity index is 2620. The van der Waals surface area contributed by atoms with Gasteiger partial charge in [-0.15, -0.1) is 0 Å². The first-order valence-corrected chi connectivity index (χ1v) is 22.7. The summed E-state index contributed by atoms with van der Waals surface area (Å²) in [6.45, 7) is 2.27. The molecule has 1 aliphatic carbocycles. The Hall–Kier alpha value is -7.27. The number of aromatic nitrogens is 3. The van der Waals surface area contributed by atoms with Crippen LogP contribution in [0, 0.1) is 5.41 Å². The van der Waals surface area contributed by atoms with Crippen LogP contribution in [-0.2, 0) is 20.9 Å². The standard InChI is InChI=1S/C49H57N11O6/c50-46(51)53-25-13-22-40(45(64)52-26-27-58-47(65)59(34-14-3-1-4-15-34)60(48(58)66)35-16-5-2-6-17-35)54-41(61)32-49(23-11-12-24-49)33-42(62)56-28-30-57(31-29-56)43-36-18-7-8-19-37(36)44(63)55-39-21-10-9-20-38(39)43/h1-10,14-21,40,43H,11-13,22-33H2,(H,52,64)(H,54,61)(H,55,63)(H4,50,51,53)/t40-,43-/m1/s1. The lowest BCUT2D eigenvalue weighted by atomic mass is 9.78. The lowest BCUT2D eigenvalue weighted by Gasteiger charge is -2.41. The maximum Gasteiger partial charge on any atom is 0.352 e. The van der Waals surface area contributed by atoms with Gasteiger partial charge in [-0.2, -0.15) is 9.36 Å². The number of nitrogens with one attached hydrogen (secondary N) is 3. The minimum Gasteiger partial charge on any atom is -0.370 e. The quantitative estimate of drug-likeness (QED) is 0.0556. The van der Waals surface area contributed by atoms with Gasteiger partial charge in [0.05, 0.1) is 17.4 Å². The number of hydrogen-bond donors (Lipinski definition) is 5. The van der Waals surface area contributed by atoms with Gasteiger partial charge in [-0.3, -0.25) is 29.1 Å². The highest BCUT2D eigenvalue weighted by Gasteiger charge is 2.41. The first-order valence-electron chi connectivity index (χ1n) is 22.7. The smallest absolute Gasteiger partial charge is 0.352 e. The molecule has 1 saturated heterocycles. The third-order valence-electron chi connectivity index (χ3n) is 13.0. The first-order chi connectivity index (χ1) is 32.0. The Labute approximate surface area is 382 Å². The SMILES string of the molecule is NC(N)=NCCC[C@@H](NC(=O)CC1(CC(=O)N2CCN([C@H]3c4ccccc4NC(=O)c4ccccc43)CC2)CCCC1)C(=O)NCCn1c(=O)n(-c2ccccc2)n(-c2ccccc2)c1=O. The van der Waals surface area contributed by atoms with E-state index in [-0.39, 0.29) is 68.6 Å². The molecule has 0 unspecified atom stereocenters. The van der Waals surface area contributed by atoms with Crippen molar-refractivity contribution < 1.29 is 19.2 Å². The molecule has 1 saturated carbocycles. The van der Waals surface area contributed by atoms with E-state index < -0.39 is 28.7 Å². The number of carbonyl (C=O) groups excluding carboxylic acids is 4. The van der Waals surface area contributed by atoms with Gasteiger partial charge in [0.1, 0.15) is 6.04 Å². The van der Waals surface area contributed by atoms with Crippen molar-refractivity contribution in [1.82, 2.24) is 34.4 Å². The third-order valence-corrected chi connectivity index (χ3v) is 13.0. The number of rotatable bonds is 16. The van der Waals surface area contributed by atoms with Crippen molar-refractivity contribution in [1.29, 1.82) is 0 Å². The average Bonchev–Trinajstić information content (AvgIpc) is 3.84. The second-order valence-electron chi connectivity index (χ2n) is 17.4. The number of piperazine rings is 1. The summed E-state index contributed by atoms with van der Waals surface area (Å²) in [5.74, 6) is -1.06. The van der Waals surface area contributed by atoms with Gasteiger partial charge >= 0.3 is 11.4 Å².